The summed E-state index contributed by atoms with van der Waals surface area (Å²) in [6.45, 7) is 2.81. The molecule has 0 saturated heterocycles. The number of nitrogens with one attached hydrogen (secondary N) is 1. The van der Waals surface area contributed by atoms with Crippen LogP contribution in [0.4, 0.5) is 0 Å². The van der Waals surface area contributed by atoms with Gasteiger partial charge in [0.15, 0.2) is 0 Å². The van der Waals surface area contributed by atoms with E-state index in [0.717, 1.165) is 55.7 Å². The minimum atomic E-state index is 0.237. The van der Waals surface area contributed by atoms with Crippen LogP contribution in [0.1, 0.15) is 63.9 Å². The molecule has 25 heavy (non-hydrogen) atoms. The summed E-state index contributed by atoms with van der Waals surface area (Å²) in [4.78, 5) is 17.9. The van der Waals surface area contributed by atoms with Crippen molar-refractivity contribution in [2.75, 3.05) is 0 Å². The quantitative estimate of drug-likeness (QED) is 0.804. The molecule has 0 unspecified atom stereocenters. The number of rotatable bonds is 5. The summed E-state index contributed by atoms with van der Waals surface area (Å²) in [6, 6.07) is 10.4. The molecule has 0 aliphatic heterocycles. The molecule has 2 saturated carbocycles. The highest BCUT2D eigenvalue weighted by Crippen LogP contribution is 2.29. The van der Waals surface area contributed by atoms with Gasteiger partial charge in [0.25, 0.3) is 0 Å². The highest BCUT2D eigenvalue weighted by Gasteiger charge is 2.27. The van der Waals surface area contributed by atoms with Crippen molar-refractivity contribution in [3.05, 3.63) is 35.9 Å². The second kappa shape index (κ2) is 9.02. The van der Waals surface area contributed by atoms with Gasteiger partial charge in [0.2, 0.25) is 5.91 Å². The Balaban J connectivity index is 1.36. The molecule has 2 fully saturated rings. The van der Waals surface area contributed by atoms with Gasteiger partial charge >= 0.3 is 0 Å². The van der Waals surface area contributed by atoms with Gasteiger partial charge in [-0.25, -0.2) is 0 Å². The van der Waals surface area contributed by atoms with Crippen LogP contribution in [-0.4, -0.2) is 17.7 Å². The third kappa shape index (κ3) is 5.58. The Kier molecular flexibility index (Phi) is 6.48. The standard InChI is InChI=1S/C21H30N2O2/c1-16-7-9-18(10-8-16)21(24)22-19-11-13-20(14-12-19)23-25-15-17-5-3-2-4-6-17/h2-6,16,18-19H,7-15H2,1H3,(H,22,24). The molecule has 1 amide bonds. The van der Waals surface area contributed by atoms with E-state index in [2.05, 4.69) is 17.4 Å². The van der Waals surface area contributed by atoms with Crippen LogP contribution in [0.2, 0.25) is 0 Å². The summed E-state index contributed by atoms with van der Waals surface area (Å²) in [6.07, 6.45) is 8.28. The molecular formula is C21H30N2O2. The predicted octanol–water partition coefficient (Wildman–Crippen LogP) is 4.44. The number of oxime groups is 1. The van der Waals surface area contributed by atoms with Crippen LogP contribution in [0.5, 0.6) is 0 Å². The second-order valence-electron chi connectivity index (χ2n) is 7.66. The zero-order valence-electron chi connectivity index (χ0n) is 15.2. The van der Waals surface area contributed by atoms with Crippen molar-refractivity contribution in [2.45, 2.75) is 70.9 Å². The van der Waals surface area contributed by atoms with Gasteiger partial charge in [0.1, 0.15) is 6.61 Å². The monoisotopic (exact) mass is 342 g/mol. The number of benzene rings is 1. The van der Waals surface area contributed by atoms with Crippen molar-refractivity contribution in [3.63, 3.8) is 0 Å². The van der Waals surface area contributed by atoms with E-state index in [1.165, 1.54) is 12.8 Å². The Morgan fingerprint density at radius 1 is 1.08 bits per heavy atom. The molecule has 0 aromatic heterocycles. The fraction of sp³-hybridized carbons (Fsp3) is 0.619. The topological polar surface area (TPSA) is 50.7 Å². The van der Waals surface area contributed by atoms with E-state index in [4.69, 9.17) is 4.84 Å². The van der Waals surface area contributed by atoms with E-state index >= 15 is 0 Å². The summed E-state index contributed by atoms with van der Waals surface area (Å²) in [5, 5.41) is 7.57. The molecule has 136 valence electrons. The first kappa shape index (κ1) is 18.0. The van der Waals surface area contributed by atoms with Crippen LogP contribution >= 0.6 is 0 Å². The predicted molar refractivity (Wildman–Crippen MR) is 100 cm³/mol. The van der Waals surface area contributed by atoms with E-state index in [9.17, 15) is 4.79 Å². The Bertz CT molecular complexity index is 567. The van der Waals surface area contributed by atoms with E-state index in [1.54, 1.807) is 0 Å². The zero-order valence-corrected chi connectivity index (χ0v) is 15.2. The van der Waals surface area contributed by atoms with E-state index in [-0.39, 0.29) is 11.8 Å². The molecule has 0 bridgehead atoms. The van der Waals surface area contributed by atoms with Gasteiger partial charge < -0.3 is 10.2 Å². The van der Waals surface area contributed by atoms with Gasteiger partial charge in [0, 0.05) is 12.0 Å². The number of carbonyl (C=O) groups is 1. The van der Waals surface area contributed by atoms with Crippen molar-refractivity contribution in [1.29, 1.82) is 0 Å². The molecular weight excluding hydrogens is 312 g/mol. The lowest BCUT2D eigenvalue weighted by molar-refractivity contribution is -0.127. The fourth-order valence-electron chi connectivity index (χ4n) is 3.80. The molecule has 1 aromatic rings. The molecule has 3 rings (SSSR count). The van der Waals surface area contributed by atoms with Crippen molar-refractivity contribution < 1.29 is 9.63 Å². The van der Waals surface area contributed by atoms with E-state index in [0.29, 0.717) is 12.6 Å². The minimum Gasteiger partial charge on any atom is -0.391 e. The Labute approximate surface area is 151 Å². The lowest BCUT2D eigenvalue weighted by atomic mass is 9.82. The van der Waals surface area contributed by atoms with Crippen LogP contribution < -0.4 is 5.32 Å². The van der Waals surface area contributed by atoms with Gasteiger partial charge in [-0.3, -0.25) is 4.79 Å². The lowest BCUT2D eigenvalue weighted by Gasteiger charge is -2.29. The molecule has 4 nitrogen and oxygen atoms in total. The number of hydrogen-bond acceptors (Lipinski definition) is 3. The Morgan fingerprint density at radius 3 is 2.44 bits per heavy atom. The first-order valence-electron chi connectivity index (χ1n) is 9.72. The van der Waals surface area contributed by atoms with Crippen molar-refractivity contribution in [3.8, 4) is 0 Å². The third-order valence-electron chi connectivity index (χ3n) is 5.56. The maximum Gasteiger partial charge on any atom is 0.223 e. The molecule has 0 atom stereocenters. The summed E-state index contributed by atoms with van der Waals surface area (Å²) in [5.41, 5.74) is 2.25. The SMILES string of the molecule is CC1CCC(C(=O)NC2CCC(=NOCc3ccccc3)CC2)CC1. The zero-order chi connectivity index (χ0) is 17.5. The van der Waals surface area contributed by atoms with E-state index < -0.39 is 0 Å². The fourth-order valence-corrected chi connectivity index (χ4v) is 3.80. The van der Waals surface area contributed by atoms with Gasteiger partial charge in [-0.05, 0) is 62.8 Å². The number of carbonyl (C=O) groups excluding carboxylic acids is 1. The molecule has 2 aliphatic carbocycles. The summed E-state index contributed by atoms with van der Waals surface area (Å²) in [5.74, 6) is 1.30. The van der Waals surface area contributed by atoms with Crippen LogP contribution in [0.25, 0.3) is 0 Å². The average molecular weight is 342 g/mol. The average Bonchev–Trinajstić information content (AvgIpc) is 2.64. The maximum atomic E-state index is 12.4. The minimum absolute atomic E-state index is 0.237. The van der Waals surface area contributed by atoms with Crippen molar-refractivity contribution >= 4 is 11.6 Å². The summed E-state index contributed by atoms with van der Waals surface area (Å²) < 4.78 is 0. The largest absolute Gasteiger partial charge is 0.391 e. The third-order valence-corrected chi connectivity index (χ3v) is 5.56. The highest BCUT2D eigenvalue weighted by molar-refractivity contribution is 5.85. The number of hydrogen-bond donors (Lipinski definition) is 1. The second-order valence-corrected chi connectivity index (χ2v) is 7.66. The molecule has 0 radical (unpaired) electrons. The van der Waals surface area contributed by atoms with Crippen LogP contribution in [0, 0.1) is 11.8 Å². The highest BCUT2D eigenvalue weighted by atomic mass is 16.6. The molecule has 0 heterocycles. The summed E-state index contributed by atoms with van der Waals surface area (Å²) >= 11 is 0. The first-order valence-corrected chi connectivity index (χ1v) is 9.72. The molecule has 0 spiro atoms. The molecule has 1 aromatic carbocycles. The van der Waals surface area contributed by atoms with Gasteiger partial charge in [-0.1, -0.05) is 42.4 Å². The van der Waals surface area contributed by atoms with Crippen LogP contribution in [0.3, 0.4) is 0 Å². The van der Waals surface area contributed by atoms with Crippen LogP contribution in [-0.2, 0) is 16.2 Å². The van der Waals surface area contributed by atoms with E-state index in [1.807, 2.05) is 30.3 Å². The van der Waals surface area contributed by atoms with Gasteiger partial charge in [-0.2, -0.15) is 0 Å². The molecule has 2 aliphatic rings. The molecule has 4 heteroatoms. The van der Waals surface area contributed by atoms with Gasteiger partial charge in [-0.15, -0.1) is 0 Å². The molecule has 1 N–H and O–H groups in total. The Morgan fingerprint density at radius 2 is 1.76 bits per heavy atom. The maximum absolute atomic E-state index is 12.4. The smallest absolute Gasteiger partial charge is 0.223 e. The van der Waals surface area contributed by atoms with Crippen molar-refractivity contribution in [1.82, 2.24) is 5.32 Å². The normalized spacial score (nSPS) is 26.8. The lowest BCUT2D eigenvalue weighted by Crippen LogP contribution is -2.41. The number of nitrogens with zero attached hydrogens (tertiary/aromatic N) is 1. The first-order chi connectivity index (χ1) is 12.2. The van der Waals surface area contributed by atoms with Crippen molar-refractivity contribution in [2.24, 2.45) is 17.0 Å². The Hall–Kier alpha value is -1.84. The van der Waals surface area contributed by atoms with Gasteiger partial charge in [0.05, 0.1) is 5.71 Å². The number of amides is 1. The van der Waals surface area contributed by atoms with Crippen LogP contribution in [0.15, 0.2) is 35.5 Å². The summed E-state index contributed by atoms with van der Waals surface area (Å²) in [7, 11) is 0.